The Morgan fingerprint density at radius 3 is 2.12 bits per heavy atom. The van der Waals surface area contributed by atoms with Crippen molar-refractivity contribution < 1.29 is 4.79 Å². The molecule has 0 saturated heterocycles. The predicted octanol–water partition coefficient (Wildman–Crippen LogP) is 4.64. The quantitative estimate of drug-likeness (QED) is 0.618. The van der Waals surface area contributed by atoms with E-state index in [2.05, 4.69) is 42.3 Å². The Hall–Kier alpha value is -1.92. The van der Waals surface area contributed by atoms with E-state index < -0.39 is 0 Å². The van der Waals surface area contributed by atoms with Crippen LogP contribution >= 0.6 is 31.9 Å². The Morgan fingerprint density at radius 1 is 0.917 bits per heavy atom. The molecule has 0 spiro atoms. The molecule has 24 heavy (non-hydrogen) atoms. The molecule has 3 rings (SSSR count). The first kappa shape index (κ1) is 16.9. The van der Waals surface area contributed by atoms with Crippen molar-refractivity contribution >= 4 is 43.6 Å². The van der Waals surface area contributed by atoms with Gasteiger partial charge in [-0.2, -0.15) is 5.10 Å². The molecule has 2 aromatic carbocycles. The van der Waals surface area contributed by atoms with E-state index >= 15 is 0 Å². The highest BCUT2D eigenvalue weighted by Crippen LogP contribution is 2.15. The molecule has 4 nitrogen and oxygen atoms in total. The second-order valence-corrected chi connectivity index (χ2v) is 7.18. The second kappa shape index (κ2) is 7.77. The molecule has 122 valence electrons. The number of hydrogen-bond donors (Lipinski definition) is 1. The summed E-state index contributed by atoms with van der Waals surface area (Å²) in [6, 6.07) is 17.6. The fourth-order valence-electron chi connectivity index (χ4n) is 2.30. The van der Waals surface area contributed by atoms with Crippen LogP contribution in [0.4, 0.5) is 5.82 Å². The summed E-state index contributed by atoms with van der Waals surface area (Å²) in [6.07, 6.45) is 2.02. The number of halogens is 2. The van der Waals surface area contributed by atoms with Crippen molar-refractivity contribution in [1.29, 1.82) is 0 Å². The summed E-state index contributed by atoms with van der Waals surface area (Å²) in [5.74, 6) is 0.634. The molecule has 0 unspecified atom stereocenters. The van der Waals surface area contributed by atoms with E-state index in [0.29, 0.717) is 18.8 Å². The van der Waals surface area contributed by atoms with Gasteiger partial charge in [0, 0.05) is 15.0 Å². The van der Waals surface area contributed by atoms with Gasteiger partial charge in [-0.25, -0.2) is 4.68 Å². The molecular weight excluding hydrogens is 434 g/mol. The van der Waals surface area contributed by atoms with Gasteiger partial charge in [-0.3, -0.25) is 4.79 Å². The van der Waals surface area contributed by atoms with Gasteiger partial charge in [0.25, 0.3) is 0 Å². The normalized spacial score (nSPS) is 10.6. The summed E-state index contributed by atoms with van der Waals surface area (Å²) < 4.78 is 3.82. The topological polar surface area (TPSA) is 46.9 Å². The first-order valence-electron chi connectivity index (χ1n) is 7.41. The van der Waals surface area contributed by atoms with Gasteiger partial charge in [0.2, 0.25) is 5.91 Å². The maximum atomic E-state index is 12.2. The van der Waals surface area contributed by atoms with Crippen LogP contribution in [0.25, 0.3) is 0 Å². The Labute approximate surface area is 157 Å². The minimum Gasteiger partial charge on any atom is -0.311 e. The van der Waals surface area contributed by atoms with Crippen LogP contribution < -0.4 is 5.32 Å². The van der Waals surface area contributed by atoms with Crippen LogP contribution in [0.1, 0.15) is 11.1 Å². The maximum absolute atomic E-state index is 12.2. The monoisotopic (exact) mass is 447 g/mol. The minimum atomic E-state index is -0.0603. The number of hydrogen-bond acceptors (Lipinski definition) is 2. The van der Waals surface area contributed by atoms with Gasteiger partial charge < -0.3 is 5.32 Å². The molecule has 0 aliphatic heterocycles. The van der Waals surface area contributed by atoms with Crippen LogP contribution in [0.3, 0.4) is 0 Å². The van der Waals surface area contributed by atoms with Crippen molar-refractivity contribution in [1.82, 2.24) is 9.78 Å². The van der Waals surface area contributed by atoms with Gasteiger partial charge in [-0.15, -0.1) is 0 Å². The van der Waals surface area contributed by atoms with Gasteiger partial charge in [0.15, 0.2) is 0 Å². The zero-order valence-electron chi connectivity index (χ0n) is 12.7. The molecular formula is C18H15Br2N3O. The Morgan fingerprint density at radius 2 is 1.50 bits per heavy atom. The fourth-order valence-corrected chi connectivity index (χ4v) is 2.83. The lowest BCUT2D eigenvalue weighted by molar-refractivity contribution is -0.115. The van der Waals surface area contributed by atoms with Crippen LogP contribution in [0.15, 0.2) is 69.7 Å². The highest BCUT2D eigenvalue weighted by molar-refractivity contribution is 9.10. The average Bonchev–Trinajstić information content (AvgIpc) is 2.98. The number of anilines is 1. The minimum absolute atomic E-state index is 0.0603. The van der Waals surface area contributed by atoms with E-state index in [1.54, 1.807) is 16.9 Å². The SMILES string of the molecule is O=C(Cc1ccc(Br)cc1)Nc1ccnn1Cc1ccc(Br)cc1. The third-order valence-electron chi connectivity index (χ3n) is 3.51. The van der Waals surface area contributed by atoms with Crippen LogP contribution in [0.2, 0.25) is 0 Å². The number of nitrogens with zero attached hydrogens (tertiary/aromatic N) is 2. The smallest absolute Gasteiger partial charge is 0.229 e. The van der Waals surface area contributed by atoms with E-state index in [4.69, 9.17) is 0 Å². The van der Waals surface area contributed by atoms with Crippen molar-refractivity contribution in [2.45, 2.75) is 13.0 Å². The molecule has 0 saturated carbocycles. The number of carbonyl (C=O) groups is 1. The second-order valence-electron chi connectivity index (χ2n) is 5.35. The lowest BCUT2D eigenvalue weighted by Gasteiger charge is -2.09. The third-order valence-corrected chi connectivity index (χ3v) is 4.56. The molecule has 1 heterocycles. The largest absolute Gasteiger partial charge is 0.311 e. The molecule has 0 radical (unpaired) electrons. The zero-order chi connectivity index (χ0) is 16.9. The van der Waals surface area contributed by atoms with Gasteiger partial charge in [0.1, 0.15) is 5.82 Å². The van der Waals surface area contributed by atoms with Gasteiger partial charge in [0.05, 0.1) is 19.2 Å². The lowest BCUT2D eigenvalue weighted by Crippen LogP contribution is -2.18. The van der Waals surface area contributed by atoms with E-state index in [9.17, 15) is 4.79 Å². The van der Waals surface area contributed by atoms with E-state index in [1.807, 2.05) is 48.5 Å². The summed E-state index contributed by atoms with van der Waals surface area (Å²) in [7, 11) is 0. The molecule has 1 aromatic heterocycles. The maximum Gasteiger partial charge on any atom is 0.229 e. The first-order valence-corrected chi connectivity index (χ1v) is 8.99. The third kappa shape index (κ3) is 4.55. The molecule has 0 bridgehead atoms. The number of benzene rings is 2. The Kier molecular flexibility index (Phi) is 5.48. The zero-order valence-corrected chi connectivity index (χ0v) is 15.9. The van der Waals surface area contributed by atoms with Crippen LogP contribution in [-0.2, 0) is 17.8 Å². The highest BCUT2D eigenvalue weighted by Gasteiger charge is 2.09. The highest BCUT2D eigenvalue weighted by atomic mass is 79.9. The molecule has 1 N–H and O–H groups in total. The summed E-state index contributed by atoms with van der Waals surface area (Å²) in [4.78, 5) is 12.2. The molecule has 0 aliphatic carbocycles. The molecule has 6 heteroatoms. The van der Waals surface area contributed by atoms with Crippen molar-refractivity contribution in [2.24, 2.45) is 0 Å². The van der Waals surface area contributed by atoms with Crippen molar-refractivity contribution in [3.63, 3.8) is 0 Å². The summed E-state index contributed by atoms with van der Waals surface area (Å²) in [6.45, 7) is 0.605. The molecule has 1 amide bonds. The number of amides is 1. The Bertz CT molecular complexity index is 826. The van der Waals surface area contributed by atoms with E-state index in [1.165, 1.54) is 0 Å². The van der Waals surface area contributed by atoms with Crippen LogP contribution in [-0.4, -0.2) is 15.7 Å². The molecule has 0 aliphatic rings. The van der Waals surface area contributed by atoms with Gasteiger partial charge in [-0.1, -0.05) is 56.1 Å². The lowest BCUT2D eigenvalue weighted by atomic mass is 10.1. The van der Waals surface area contributed by atoms with Crippen molar-refractivity contribution in [3.8, 4) is 0 Å². The van der Waals surface area contributed by atoms with Gasteiger partial charge in [-0.05, 0) is 35.4 Å². The predicted molar refractivity (Wildman–Crippen MR) is 102 cm³/mol. The molecule has 3 aromatic rings. The first-order chi connectivity index (χ1) is 11.6. The average molecular weight is 449 g/mol. The van der Waals surface area contributed by atoms with E-state index in [0.717, 1.165) is 20.1 Å². The Balaban J connectivity index is 1.65. The summed E-state index contributed by atoms with van der Waals surface area (Å²) in [5, 5.41) is 7.22. The van der Waals surface area contributed by atoms with Crippen molar-refractivity contribution in [3.05, 3.63) is 80.9 Å². The summed E-state index contributed by atoms with van der Waals surface area (Å²) >= 11 is 6.81. The van der Waals surface area contributed by atoms with Crippen molar-refractivity contribution in [2.75, 3.05) is 5.32 Å². The number of rotatable bonds is 5. The van der Waals surface area contributed by atoms with E-state index in [-0.39, 0.29) is 5.91 Å². The number of carbonyl (C=O) groups excluding carboxylic acids is 1. The van der Waals surface area contributed by atoms with Crippen LogP contribution in [0.5, 0.6) is 0 Å². The number of aromatic nitrogens is 2. The van der Waals surface area contributed by atoms with Crippen LogP contribution in [0, 0.1) is 0 Å². The fraction of sp³-hybridized carbons (Fsp3) is 0.111. The molecule has 0 fully saturated rings. The van der Waals surface area contributed by atoms with Gasteiger partial charge >= 0.3 is 0 Å². The summed E-state index contributed by atoms with van der Waals surface area (Å²) in [5.41, 5.74) is 2.08. The molecule has 0 atom stereocenters. The standard InChI is InChI=1S/C18H15Br2N3O/c19-15-5-1-13(2-6-15)11-18(24)22-17-9-10-21-23(17)12-14-3-7-16(20)8-4-14/h1-10H,11-12H2,(H,22,24). The number of nitrogens with one attached hydrogen (secondary N) is 1.